The van der Waals surface area contributed by atoms with Gasteiger partial charge < -0.3 is 29.1 Å². The Morgan fingerprint density at radius 3 is 2.43 bits per heavy atom. The average molecular weight is 569 g/mol. The van der Waals surface area contributed by atoms with Crippen molar-refractivity contribution in [1.29, 1.82) is 0 Å². The number of ether oxygens (including phenoxy) is 3. The lowest BCUT2D eigenvalue weighted by Gasteiger charge is -2.44. The number of halogens is 3. The number of Topliss-reactive ketones (excluding diaryl/α,β-unsaturated/α-hetero) is 1. The molecular weight excluding hydrogens is 541 g/mol. The van der Waals surface area contributed by atoms with Crippen molar-refractivity contribution >= 4 is 70.5 Å². The second kappa shape index (κ2) is 14.4. The summed E-state index contributed by atoms with van der Waals surface area (Å²) in [5.41, 5.74) is 0.144. The van der Waals surface area contributed by atoms with Crippen LogP contribution in [-0.2, 0) is 40.0 Å². The van der Waals surface area contributed by atoms with Gasteiger partial charge in [-0.3, -0.25) is 9.59 Å². The first-order chi connectivity index (χ1) is 16.6. The van der Waals surface area contributed by atoms with Crippen LogP contribution in [0.25, 0.3) is 0 Å². The summed E-state index contributed by atoms with van der Waals surface area (Å²) in [6.07, 6.45) is -1.05. The summed E-state index contributed by atoms with van der Waals surface area (Å²) in [5.74, 6) is -1.90. The molecular formula is C23H28Cl3NO7S. The van der Waals surface area contributed by atoms with Gasteiger partial charge in [-0.05, 0) is 18.2 Å². The number of hydrogen-bond acceptors (Lipinski definition) is 8. The van der Waals surface area contributed by atoms with Crippen LogP contribution in [0.4, 0.5) is 0 Å². The lowest BCUT2D eigenvalue weighted by atomic mass is 9.88. The van der Waals surface area contributed by atoms with Crippen molar-refractivity contribution in [3.63, 3.8) is 0 Å². The van der Waals surface area contributed by atoms with E-state index < -0.39 is 45.3 Å². The summed E-state index contributed by atoms with van der Waals surface area (Å²) in [5, 5.41) is 2.60. The molecule has 1 aliphatic rings. The van der Waals surface area contributed by atoms with E-state index in [0.717, 1.165) is 5.56 Å². The first-order valence-electron chi connectivity index (χ1n) is 11.0. The lowest BCUT2D eigenvalue weighted by molar-refractivity contribution is -0.184. The van der Waals surface area contributed by atoms with Gasteiger partial charge in [0.2, 0.25) is 0 Å². The number of hydrogen-bond donors (Lipinski definition) is 1. The maximum absolute atomic E-state index is 12.4. The van der Waals surface area contributed by atoms with E-state index >= 15 is 0 Å². The number of carbonyl (C=O) groups excluding carboxylic acids is 4. The van der Waals surface area contributed by atoms with Crippen LogP contribution in [0.1, 0.15) is 32.3 Å². The summed E-state index contributed by atoms with van der Waals surface area (Å²) >= 11 is 18.5. The Balaban J connectivity index is 2.27. The van der Waals surface area contributed by atoms with Crippen LogP contribution >= 0.6 is 46.6 Å². The molecule has 1 aliphatic heterocycles. The molecule has 1 aromatic rings. The Morgan fingerprint density at radius 2 is 1.86 bits per heavy atom. The van der Waals surface area contributed by atoms with Crippen LogP contribution in [0.3, 0.4) is 0 Å². The van der Waals surface area contributed by atoms with E-state index in [9.17, 15) is 19.2 Å². The second-order valence-electron chi connectivity index (χ2n) is 7.85. The monoisotopic (exact) mass is 567 g/mol. The van der Waals surface area contributed by atoms with Gasteiger partial charge >= 0.3 is 5.97 Å². The number of rotatable bonds is 12. The fourth-order valence-electron chi connectivity index (χ4n) is 3.48. The number of amides is 1. The molecule has 0 bridgehead atoms. The van der Waals surface area contributed by atoms with Gasteiger partial charge in [0.05, 0.1) is 31.1 Å². The highest BCUT2D eigenvalue weighted by Crippen LogP contribution is 2.35. The fourth-order valence-corrected chi connectivity index (χ4v) is 4.65. The Bertz CT molecular complexity index is 868. The van der Waals surface area contributed by atoms with Gasteiger partial charge in [-0.15, -0.1) is 11.8 Å². The summed E-state index contributed by atoms with van der Waals surface area (Å²) in [6.45, 7) is 3.21. The highest BCUT2D eigenvalue weighted by molar-refractivity contribution is 7.99. The van der Waals surface area contributed by atoms with Crippen LogP contribution in [0, 0.1) is 5.92 Å². The van der Waals surface area contributed by atoms with Crippen molar-refractivity contribution in [3.8, 4) is 0 Å². The zero-order valence-electron chi connectivity index (χ0n) is 19.3. The smallest absolute Gasteiger partial charge is 0.306 e. The van der Waals surface area contributed by atoms with Gasteiger partial charge in [0.1, 0.15) is 30.2 Å². The third-order valence-corrected chi connectivity index (χ3v) is 6.76. The minimum Gasteiger partial charge on any atom is -0.463 e. The molecule has 1 amide bonds. The molecule has 1 heterocycles. The maximum atomic E-state index is 12.4. The number of carbonyl (C=O) groups is 4. The summed E-state index contributed by atoms with van der Waals surface area (Å²) in [6, 6.07) is 8.40. The number of thioether (sulfide) groups is 1. The molecule has 2 rings (SSSR count). The Morgan fingerprint density at radius 1 is 1.17 bits per heavy atom. The topological polar surface area (TPSA) is 108 Å². The van der Waals surface area contributed by atoms with Crippen molar-refractivity contribution in [3.05, 3.63) is 35.9 Å². The lowest BCUT2D eigenvalue weighted by Crippen LogP contribution is -2.62. The highest BCUT2D eigenvalue weighted by atomic mass is 35.6. The van der Waals surface area contributed by atoms with Crippen LogP contribution in [0.15, 0.2) is 30.3 Å². The van der Waals surface area contributed by atoms with E-state index in [1.165, 1.54) is 18.7 Å². The molecule has 12 heteroatoms. The number of benzene rings is 1. The molecule has 1 aromatic carbocycles. The molecule has 35 heavy (non-hydrogen) atoms. The molecule has 0 saturated carbocycles. The van der Waals surface area contributed by atoms with Crippen molar-refractivity contribution in [1.82, 2.24) is 5.32 Å². The molecule has 8 nitrogen and oxygen atoms in total. The Hall–Kier alpha value is -1.36. The minimum absolute atomic E-state index is 0.0642. The van der Waals surface area contributed by atoms with Crippen molar-refractivity contribution in [2.75, 3.05) is 12.4 Å². The predicted molar refractivity (Wildman–Crippen MR) is 134 cm³/mol. The second-order valence-corrected chi connectivity index (χ2v) is 11.5. The van der Waals surface area contributed by atoms with Crippen molar-refractivity contribution in [2.24, 2.45) is 5.92 Å². The number of ketones is 1. The maximum Gasteiger partial charge on any atom is 0.306 e. The first kappa shape index (κ1) is 29.9. The fraction of sp³-hybridized carbons (Fsp3) is 0.565. The molecule has 1 N–H and O–H groups in total. The minimum atomic E-state index is -2.24. The van der Waals surface area contributed by atoms with Gasteiger partial charge in [0.25, 0.3) is 9.70 Å². The van der Waals surface area contributed by atoms with Crippen molar-refractivity contribution in [2.45, 2.75) is 60.8 Å². The average Bonchev–Trinajstić information content (AvgIpc) is 2.81. The first-order valence-corrected chi connectivity index (χ1v) is 13.2. The van der Waals surface area contributed by atoms with E-state index in [4.69, 9.17) is 49.0 Å². The molecule has 1 fully saturated rings. The summed E-state index contributed by atoms with van der Waals surface area (Å²) in [4.78, 5) is 48.0. The predicted octanol–water partition coefficient (Wildman–Crippen LogP) is 3.63. The number of nitrogens with one attached hydrogen (secondary N) is 1. The summed E-state index contributed by atoms with van der Waals surface area (Å²) in [7, 11) is 0. The Labute approximate surface area is 223 Å². The molecule has 5 atom stereocenters. The molecule has 5 unspecified atom stereocenters. The standard InChI is InChI=1S/C23H28Cl3NO7S/c1-3-35-21-19(27-22(31)23(24,25)26)16(11-28)20(33-12-15-7-5-4-6-8-15)17(34-21)13-32-18(30)10-9-14(2)29/h4-8,11,16-17,19-21H,3,9-10,12-13H2,1-2H3,(H,27,31). The van der Waals surface area contributed by atoms with Gasteiger partial charge in [-0.2, -0.15) is 0 Å². The molecule has 0 aliphatic carbocycles. The van der Waals surface area contributed by atoms with Crippen LogP contribution < -0.4 is 5.32 Å². The van der Waals surface area contributed by atoms with Crippen LogP contribution in [-0.4, -0.2) is 63.8 Å². The number of alkyl halides is 3. The molecule has 0 radical (unpaired) electrons. The van der Waals surface area contributed by atoms with E-state index in [1.54, 1.807) is 0 Å². The number of aldehydes is 1. The van der Waals surface area contributed by atoms with E-state index in [0.29, 0.717) is 12.0 Å². The van der Waals surface area contributed by atoms with Crippen LogP contribution in [0.2, 0.25) is 0 Å². The van der Waals surface area contributed by atoms with Gasteiger partial charge in [0, 0.05) is 6.42 Å². The molecule has 0 spiro atoms. The SMILES string of the molecule is CCSC1OC(COC(=O)CCC(C)=O)C(OCc2ccccc2)C(C=O)C1NC(=O)C(Cl)(Cl)Cl. The van der Waals surface area contributed by atoms with Crippen LogP contribution in [0.5, 0.6) is 0 Å². The highest BCUT2D eigenvalue weighted by Gasteiger charge is 2.49. The summed E-state index contributed by atoms with van der Waals surface area (Å²) < 4.78 is 15.3. The largest absolute Gasteiger partial charge is 0.463 e. The van der Waals surface area contributed by atoms with Gasteiger partial charge in [-0.25, -0.2) is 0 Å². The normalized spacial score (nSPS) is 24.4. The van der Waals surface area contributed by atoms with Crippen molar-refractivity contribution < 1.29 is 33.4 Å². The van der Waals surface area contributed by atoms with E-state index in [1.807, 2.05) is 37.3 Å². The third kappa shape index (κ3) is 9.55. The van der Waals surface area contributed by atoms with Gasteiger partial charge in [-0.1, -0.05) is 72.1 Å². The van der Waals surface area contributed by atoms with E-state index in [2.05, 4.69) is 5.32 Å². The molecule has 194 valence electrons. The van der Waals surface area contributed by atoms with E-state index in [-0.39, 0.29) is 31.8 Å². The van der Waals surface area contributed by atoms with Gasteiger partial charge in [0.15, 0.2) is 0 Å². The third-order valence-electron chi connectivity index (χ3n) is 5.18. The molecule has 0 aromatic heterocycles. The number of esters is 1. The zero-order valence-corrected chi connectivity index (χ0v) is 22.4. The quantitative estimate of drug-likeness (QED) is 0.231. The zero-order chi connectivity index (χ0) is 26.0. The molecule has 1 saturated heterocycles. The Kier molecular flexibility index (Phi) is 12.3.